The molecule has 6 nitrogen and oxygen atoms in total. The number of benzene rings is 1. The van der Waals surface area contributed by atoms with Gasteiger partial charge in [0.2, 0.25) is 0 Å². The Morgan fingerprint density at radius 1 is 1.21 bits per heavy atom. The second-order valence-electron chi connectivity index (χ2n) is 6.22. The van der Waals surface area contributed by atoms with Crippen molar-refractivity contribution in [2.24, 2.45) is 13.0 Å². The van der Waals surface area contributed by atoms with Gasteiger partial charge in [0.05, 0.1) is 7.11 Å². The molecule has 2 rings (SSSR count). The van der Waals surface area contributed by atoms with Crippen molar-refractivity contribution in [3.8, 4) is 5.75 Å². The van der Waals surface area contributed by atoms with Gasteiger partial charge in [-0.05, 0) is 18.9 Å². The fourth-order valence-corrected chi connectivity index (χ4v) is 2.39. The van der Waals surface area contributed by atoms with E-state index in [4.69, 9.17) is 4.74 Å². The summed E-state index contributed by atoms with van der Waals surface area (Å²) in [6, 6.07) is 7.08. The minimum atomic E-state index is -0.402. The van der Waals surface area contributed by atoms with Crippen molar-refractivity contribution in [3.05, 3.63) is 48.0 Å². The Hall–Kier alpha value is -2.50. The highest BCUT2D eigenvalue weighted by Gasteiger charge is 2.24. The Kier molecular flexibility index (Phi) is 5.84. The number of carbonyl (C=O) groups is 1. The van der Waals surface area contributed by atoms with E-state index in [1.165, 1.54) is 0 Å². The summed E-state index contributed by atoms with van der Waals surface area (Å²) >= 11 is 0. The van der Waals surface area contributed by atoms with Crippen molar-refractivity contribution < 1.29 is 9.53 Å². The van der Waals surface area contributed by atoms with Crippen molar-refractivity contribution in [1.82, 2.24) is 20.2 Å². The van der Waals surface area contributed by atoms with Gasteiger partial charge in [-0.25, -0.2) is 9.78 Å². The zero-order chi connectivity index (χ0) is 17.7. The largest absolute Gasteiger partial charge is 0.496 e. The highest BCUT2D eigenvalue weighted by atomic mass is 16.5. The average Bonchev–Trinajstić information content (AvgIpc) is 2.98. The molecule has 1 heterocycles. The smallest absolute Gasteiger partial charge is 0.315 e. The molecule has 0 saturated heterocycles. The van der Waals surface area contributed by atoms with Gasteiger partial charge >= 0.3 is 6.03 Å². The van der Waals surface area contributed by atoms with E-state index in [0.29, 0.717) is 11.7 Å². The second-order valence-corrected chi connectivity index (χ2v) is 6.22. The molecular weight excluding hydrogens is 304 g/mol. The molecule has 0 radical (unpaired) electrons. The van der Waals surface area contributed by atoms with Crippen molar-refractivity contribution in [2.45, 2.75) is 32.9 Å². The van der Waals surface area contributed by atoms with Crippen LogP contribution < -0.4 is 15.4 Å². The fourth-order valence-electron chi connectivity index (χ4n) is 2.39. The number of urea groups is 1. The minimum Gasteiger partial charge on any atom is -0.496 e. The molecule has 130 valence electrons. The van der Waals surface area contributed by atoms with E-state index in [1.807, 2.05) is 49.0 Å². The average molecular weight is 330 g/mol. The number of imidazole rings is 1. The van der Waals surface area contributed by atoms with Crippen molar-refractivity contribution >= 4 is 6.03 Å². The molecule has 0 aliphatic rings. The number of nitrogens with one attached hydrogen (secondary N) is 2. The number of methoxy groups -OCH3 is 1. The molecule has 24 heavy (non-hydrogen) atoms. The van der Waals surface area contributed by atoms with Gasteiger partial charge in [0.15, 0.2) is 0 Å². The van der Waals surface area contributed by atoms with E-state index in [1.54, 1.807) is 13.3 Å². The van der Waals surface area contributed by atoms with Crippen LogP contribution in [-0.2, 0) is 7.05 Å². The number of aromatic nitrogens is 2. The lowest BCUT2D eigenvalue weighted by molar-refractivity contribution is 0.231. The summed E-state index contributed by atoms with van der Waals surface area (Å²) in [6.45, 7) is 6.13. The Morgan fingerprint density at radius 3 is 2.50 bits per heavy atom. The Bertz CT molecular complexity index is 681. The standard InChI is InChI=1S/C18H26N4O2/c1-12(2)13(3)20-18(23)21-16(17-19-10-11-22(17)4)14-8-6-7-9-15(14)24-5/h6-13,16H,1-5H3,(H2,20,21,23). The Labute approximate surface area is 143 Å². The number of para-hydroxylation sites is 1. The van der Waals surface area contributed by atoms with Crippen LogP contribution in [0.25, 0.3) is 0 Å². The molecule has 2 N–H and O–H groups in total. The molecule has 0 aliphatic heterocycles. The molecule has 2 atom stereocenters. The molecule has 6 heteroatoms. The maximum absolute atomic E-state index is 12.4. The van der Waals surface area contributed by atoms with Gasteiger partial charge in [-0.1, -0.05) is 32.0 Å². The van der Waals surface area contributed by atoms with Crippen LogP contribution in [0, 0.1) is 5.92 Å². The SMILES string of the molecule is COc1ccccc1C(NC(=O)NC(C)C(C)C)c1nccn1C. The lowest BCUT2D eigenvalue weighted by Gasteiger charge is -2.24. The van der Waals surface area contributed by atoms with E-state index < -0.39 is 6.04 Å². The Morgan fingerprint density at radius 2 is 1.92 bits per heavy atom. The second kappa shape index (κ2) is 7.86. The minimum absolute atomic E-state index is 0.0738. The van der Waals surface area contributed by atoms with Gasteiger partial charge in [0.1, 0.15) is 17.6 Å². The molecule has 0 aliphatic carbocycles. The van der Waals surface area contributed by atoms with Crippen molar-refractivity contribution in [1.29, 1.82) is 0 Å². The van der Waals surface area contributed by atoms with Gasteiger partial charge in [-0.3, -0.25) is 0 Å². The highest BCUT2D eigenvalue weighted by molar-refractivity contribution is 5.75. The van der Waals surface area contributed by atoms with Crippen LogP contribution in [-0.4, -0.2) is 28.7 Å². The normalized spacial score (nSPS) is 13.4. The van der Waals surface area contributed by atoms with Crippen LogP contribution in [0.2, 0.25) is 0 Å². The molecule has 2 aromatic rings. The van der Waals surface area contributed by atoms with Gasteiger partial charge in [-0.15, -0.1) is 0 Å². The number of amides is 2. The number of hydrogen-bond acceptors (Lipinski definition) is 3. The summed E-state index contributed by atoms with van der Waals surface area (Å²) < 4.78 is 7.35. The van der Waals surface area contributed by atoms with E-state index in [-0.39, 0.29) is 12.1 Å². The van der Waals surface area contributed by atoms with Crippen molar-refractivity contribution in [2.75, 3.05) is 7.11 Å². The van der Waals surface area contributed by atoms with E-state index in [9.17, 15) is 4.79 Å². The molecule has 0 bridgehead atoms. The van der Waals surface area contributed by atoms with Crippen LogP contribution in [0.5, 0.6) is 5.75 Å². The van der Waals surface area contributed by atoms with Gasteiger partial charge in [-0.2, -0.15) is 0 Å². The summed E-state index contributed by atoms with van der Waals surface area (Å²) in [5, 5.41) is 5.99. The number of aryl methyl sites for hydroxylation is 1. The maximum Gasteiger partial charge on any atom is 0.315 e. The molecule has 1 aromatic carbocycles. The zero-order valence-corrected chi connectivity index (χ0v) is 14.9. The molecule has 0 spiro atoms. The molecule has 2 amide bonds. The first-order valence-corrected chi connectivity index (χ1v) is 8.11. The molecular formula is C18H26N4O2. The topological polar surface area (TPSA) is 68.2 Å². The van der Waals surface area contributed by atoms with Crippen LogP contribution in [0.3, 0.4) is 0 Å². The maximum atomic E-state index is 12.4. The van der Waals surface area contributed by atoms with E-state index >= 15 is 0 Å². The summed E-state index contributed by atoms with van der Waals surface area (Å²) in [5.74, 6) is 1.81. The summed E-state index contributed by atoms with van der Waals surface area (Å²) in [5.41, 5.74) is 0.863. The van der Waals surface area contributed by atoms with Crippen LogP contribution >= 0.6 is 0 Å². The van der Waals surface area contributed by atoms with Gasteiger partial charge in [0.25, 0.3) is 0 Å². The van der Waals surface area contributed by atoms with Crippen LogP contribution in [0.1, 0.15) is 38.2 Å². The first-order chi connectivity index (χ1) is 11.4. The third kappa shape index (κ3) is 4.07. The zero-order valence-electron chi connectivity index (χ0n) is 14.9. The van der Waals surface area contributed by atoms with E-state index in [0.717, 1.165) is 11.4 Å². The number of carbonyl (C=O) groups excluding carboxylic acids is 1. The molecule has 1 aromatic heterocycles. The monoisotopic (exact) mass is 330 g/mol. The number of ether oxygens (including phenoxy) is 1. The summed E-state index contributed by atoms with van der Waals surface area (Å²) in [7, 11) is 3.52. The predicted octanol–water partition coefficient (Wildman–Crippen LogP) is 2.86. The lowest BCUT2D eigenvalue weighted by atomic mass is 10.0. The first kappa shape index (κ1) is 17.8. The fraction of sp³-hybridized carbons (Fsp3) is 0.444. The quantitative estimate of drug-likeness (QED) is 0.856. The molecule has 2 unspecified atom stereocenters. The summed E-state index contributed by atoms with van der Waals surface area (Å²) in [4.78, 5) is 16.8. The van der Waals surface area contributed by atoms with E-state index in [2.05, 4.69) is 29.5 Å². The van der Waals surface area contributed by atoms with Gasteiger partial charge < -0.3 is 19.9 Å². The third-order valence-corrected chi connectivity index (χ3v) is 4.20. The lowest BCUT2D eigenvalue weighted by Crippen LogP contribution is -2.45. The molecule has 0 fully saturated rings. The first-order valence-electron chi connectivity index (χ1n) is 8.11. The van der Waals surface area contributed by atoms with Crippen LogP contribution in [0.15, 0.2) is 36.7 Å². The Balaban J connectivity index is 2.31. The number of hydrogen-bond donors (Lipinski definition) is 2. The molecule has 0 saturated carbocycles. The van der Waals surface area contributed by atoms with Gasteiger partial charge in [0, 0.05) is 31.0 Å². The predicted molar refractivity (Wildman–Crippen MR) is 94.0 cm³/mol. The van der Waals surface area contributed by atoms with Crippen LogP contribution in [0.4, 0.5) is 4.79 Å². The highest BCUT2D eigenvalue weighted by Crippen LogP contribution is 2.28. The van der Waals surface area contributed by atoms with Crippen molar-refractivity contribution in [3.63, 3.8) is 0 Å². The third-order valence-electron chi connectivity index (χ3n) is 4.20. The number of nitrogens with zero attached hydrogens (tertiary/aromatic N) is 2. The summed E-state index contributed by atoms with van der Waals surface area (Å²) in [6.07, 6.45) is 3.57. The number of rotatable bonds is 6.